The van der Waals surface area contributed by atoms with Gasteiger partial charge in [0.05, 0.1) is 7.11 Å². The molecule has 0 fully saturated rings. The van der Waals surface area contributed by atoms with Gasteiger partial charge in [0.2, 0.25) is 0 Å². The van der Waals surface area contributed by atoms with E-state index in [1.807, 2.05) is 26.0 Å². The molecule has 2 N–H and O–H groups in total. The average molecular weight is 331 g/mol. The fraction of sp³-hybridized carbons (Fsp3) is 0.278. The Kier molecular flexibility index (Phi) is 5.82. The number of hydrogen-bond donors (Lipinski definition) is 1. The molecule has 0 aliphatic heterocycles. The Morgan fingerprint density at radius 2 is 1.65 bits per heavy atom. The van der Waals surface area contributed by atoms with Crippen molar-refractivity contribution in [3.05, 3.63) is 53.1 Å². The number of aryl methyl sites for hydroxylation is 2. The largest absolute Gasteiger partial charge is 0.493 e. The molecule has 0 atom stereocenters. The molecule has 23 heavy (non-hydrogen) atoms. The Hall–Kier alpha value is -2.27. The Balaban J connectivity index is 1.97. The molecule has 4 nitrogen and oxygen atoms in total. The van der Waals surface area contributed by atoms with Crippen molar-refractivity contribution < 1.29 is 14.2 Å². The van der Waals surface area contributed by atoms with Gasteiger partial charge in [0.1, 0.15) is 24.0 Å². The zero-order chi connectivity index (χ0) is 16.8. The zero-order valence-electron chi connectivity index (χ0n) is 13.6. The van der Waals surface area contributed by atoms with Crippen LogP contribution in [0.25, 0.3) is 0 Å². The summed E-state index contributed by atoms with van der Waals surface area (Å²) in [5, 5.41) is 0. The summed E-state index contributed by atoms with van der Waals surface area (Å²) in [6.45, 7) is 4.88. The lowest BCUT2D eigenvalue weighted by atomic mass is 10.1. The minimum atomic E-state index is 0.323. The first-order valence-corrected chi connectivity index (χ1v) is 7.73. The number of rotatable bonds is 7. The minimum absolute atomic E-state index is 0.323. The first kappa shape index (κ1) is 17.1. The molecule has 0 unspecified atom stereocenters. The summed E-state index contributed by atoms with van der Waals surface area (Å²) in [6, 6.07) is 11.5. The molecule has 2 aromatic carbocycles. The number of ether oxygens (including phenoxy) is 3. The van der Waals surface area contributed by atoms with Gasteiger partial charge >= 0.3 is 0 Å². The lowest BCUT2D eigenvalue weighted by Gasteiger charge is -2.13. The van der Waals surface area contributed by atoms with Crippen molar-refractivity contribution in [2.75, 3.05) is 20.3 Å². The summed E-state index contributed by atoms with van der Waals surface area (Å²) in [7, 11) is 1.59. The van der Waals surface area contributed by atoms with E-state index in [1.165, 1.54) is 0 Å². The SMILES string of the molecule is COc1ccc(C(N)=S)cc1OCCOc1cc(C)ccc1C. The first-order chi connectivity index (χ1) is 11.0. The summed E-state index contributed by atoms with van der Waals surface area (Å²) >= 11 is 4.98. The van der Waals surface area contributed by atoms with Crippen LogP contribution in [0.1, 0.15) is 16.7 Å². The van der Waals surface area contributed by atoms with E-state index in [0.717, 1.165) is 22.4 Å². The van der Waals surface area contributed by atoms with Crippen LogP contribution in [0, 0.1) is 13.8 Å². The molecule has 0 heterocycles. The monoisotopic (exact) mass is 331 g/mol. The molecule has 0 amide bonds. The fourth-order valence-corrected chi connectivity index (χ4v) is 2.24. The van der Waals surface area contributed by atoms with Gasteiger partial charge in [-0.25, -0.2) is 0 Å². The Morgan fingerprint density at radius 1 is 0.957 bits per heavy atom. The van der Waals surface area contributed by atoms with E-state index in [1.54, 1.807) is 25.3 Å². The topological polar surface area (TPSA) is 53.7 Å². The van der Waals surface area contributed by atoms with Crippen molar-refractivity contribution in [3.8, 4) is 17.2 Å². The molecule has 0 aromatic heterocycles. The zero-order valence-corrected chi connectivity index (χ0v) is 14.4. The molecule has 5 heteroatoms. The summed E-state index contributed by atoms with van der Waals surface area (Å²) in [5.74, 6) is 2.11. The third-order valence-electron chi connectivity index (χ3n) is 3.39. The van der Waals surface area contributed by atoms with E-state index in [4.69, 9.17) is 32.2 Å². The highest BCUT2D eigenvalue weighted by Crippen LogP contribution is 2.28. The van der Waals surface area contributed by atoms with E-state index in [9.17, 15) is 0 Å². The molecular formula is C18H21NO3S. The second-order valence-electron chi connectivity index (χ2n) is 5.20. The minimum Gasteiger partial charge on any atom is -0.493 e. The van der Waals surface area contributed by atoms with E-state index in [2.05, 4.69) is 6.07 Å². The smallest absolute Gasteiger partial charge is 0.162 e. The highest BCUT2D eigenvalue weighted by atomic mass is 32.1. The van der Waals surface area contributed by atoms with E-state index < -0.39 is 0 Å². The van der Waals surface area contributed by atoms with Gasteiger partial charge in [-0.3, -0.25) is 0 Å². The van der Waals surface area contributed by atoms with Crippen LogP contribution in [0.5, 0.6) is 17.2 Å². The number of hydrogen-bond acceptors (Lipinski definition) is 4. The molecule has 2 aromatic rings. The highest BCUT2D eigenvalue weighted by molar-refractivity contribution is 7.80. The van der Waals surface area contributed by atoms with Gasteiger partial charge in [0.25, 0.3) is 0 Å². The standard InChI is InChI=1S/C18H21NO3S/c1-12-4-5-13(2)16(10-12)21-8-9-22-17-11-14(18(19)23)6-7-15(17)20-3/h4-7,10-11H,8-9H2,1-3H3,(H2,19,23). The summed E-state index contributed by atoms with van der Waals surface area (Å²) in [4.78, 5) is 0.323. The molecule has 0 radical (unpaired) electrons. The molecule has 0 spiro atoms. The van der Waals surface area contributed by atoms with Crippen molar-refractivity contribution in [2.45, 2.75) is 13.8 Å². The predicted octanol–water partition coefficient (Wildman–Crippen LogP) is 3.40. The maximum atomic E-state index is 5.77. The Bertz CT molecular complexity index is 701. The van der Waals surface area contributed by atoms with Crippen LogP contribution in [0.15, 0.2) is 36.4 Å². The fourth-order valence-electron chi connectivity index (χ4n) is 2.11. The number of methoxy groups -OCH3 is 1. The molecule has 0 bridgehead atoms. The second kappa shape index (κ2) is 7.83. The van der Waals surface area contributed by atoms with E-state index >= 15 is 0 Å². The van der Waals surface area contributed by atoms with Crippen LogP contribution in [0.2, 0.25) is 0 Å². The molecule has 0 saturated heterocycles. The highest BCUT2D eigenvalue weighted by Gasteiger charge is 2.08. The van der Waals surface area contributed by atoms with Crippen molar-refractivity contribution in [1.82, 2.24) is 0 Å². The predicted molar refractivity (Wildman–Crippen MR) is 95.8 cm³/mol. The van der Waals surface area contributed by atoms with E-state index in [0.29, 0.717) is 29.7 Å². The van der Waals surface area contributed by atoms with Gasteiger partial charge < -0.3 is 19.9 Å². The third-order valence-corrected chi connectivity index (χ3v) is 3.63. The number of benzene rings is 2. The lowest BCUT2D eigenvalue weighted by molar-refractivity contribution is 0.210. The normalized spacial score (nSPS) is 10.2. The van der Waals surface area contributed by atoms with Crippen LogP contribution in [-0.4, -0.2) is 25.3 Å². The van der Waals surface area contributed by atoms with Crippen molar-refractivity contribution in [3.63, 3.8) is 0 Å². The quantitative estimate of drug-likeness (QED) is 0.622. The summed E-state index contributed by atoms with van der Waals surface area (Å²) in [5.41, 5.74) is 8.65. The van der Waals surface area contributed by atoms with Crippen LogP contribution < -0.4 is 19.9 Å². The second-order valence-corrected chi connectivity index (χ2v) is 5.64. The van der Waals surface area contributed by atoms with Crippen LogP contribution in [0.3, 0.4) is 0 Å². The Labute approximate surface area is 142 Å². The molecular weight excluding hydrogens is 310 g/mol. The van der Waals surface area contributed by atoms with Gasteiger partial charge in [-0.15, -0.1) is 0 Å². The van der Waals surface area contributed by atoms with Gasteiger partial charge in [0.15, 0.2) is 11.5 Å². The van der Waals surface area contributed by atoms with Crippen molar-refractivity contribution in [2.24, 2.45) is 5.73 Å². The van der Waals surface area contributed by atoms with E-state index in [-0.39, 0.29) is 0 Å². The molecule has 0 saturated carbocycles. The van der Waals surface area contributed by atoms with Gasteiger partial charge in [-0.1, -0.05) is 24.4 Å². The maximum Gasteiger partial charge on any atom is 0.162 e. The maximum absolute atomic E-state index is 5.77. The number of nitrogens with two attached hydrogens (primary N) is 1. The Morgan fingerprint density at radius 3 is 2.30 bits per heavy atom. The third kappa shape index (κ3) is 4.60. The van der Waals surface area contributed by atoms with Gasteiger partial charge in [0, 0.05) is 5.56 Å². The number of thiocarbonyl (C=S) groups is 1. The van der Waals surface area contributed by atoms with Crippen molar-refractivity contribution in [1.29, 1.82) is 0 Å². The van der Waals surface area contributed by atoms with Gasteiger partial charge in [-0.05, 0) is 49.2 Å². The summed E-state index contributed by atoms with van der Waals surface area (Å²) in [6.07, 6.45) is 0. The van der Waals surface area contributed by atoms with Gasteiger partial charge in [-0.2, -0.15) is 0 Å². The van der Waals surface area contributed by atoms with Crippen LogP contribution in [0.4, 0.5) is 0 Å². The van der Waals surface area contributed by atoms with Crippen molar-refractivity contribution >= 4 is 17.2 Å². The molecule has 122 valence electrons. The molecule has 2 rings (SSSR count). The van der Waals surface area contributed by atoms with Crippen LogP contribution >= 0.6 is 12.2 Å². The molecule has 0 aliphatic rings. The van der Waals surface area contributed by atoms with Crippen LogP contribution in [-0.2, 0) is 0 Å². The lowest BCUT2D eigenvalue weighted by Crippen LogP contribution is -2.12. The summed E-state index contributed by atoms with van der Waals surface area (Å²) < 4.78 is 16.8. The first-order valence-electron chi connectivity index (χ1n) is 7.32. The molecule has 0 aliphatic carbocycles. The average Bonchev–Trinajstić information content (AvgIpc) is 2.54.